The van der Waals surface area contributed by atoms with E-state index in [1.165, 1.54) is 6.92 Å². The molecule has 6 fully saturated rings. The van der Waals surface area contributed by atoms with Crippen LogP contribution in [-0.4, -0.2) is 128 Å². The van der Waals surface area contributed by atoms with Gasteiger partial charge in [-0.05, 0) is 181 Å². The number of hydrogen-bond donors (Lipinski definition) is 9. The predicted octanol–water partition coefficient (Wildman–Crippen LogP) is 9.67. The van der Waals surface area contributed by atoms with Gasteiger partial charge in [0, 0.05) is 96.0 Å². The number of carbonyl (C=O) groups excluding carboxylic acids is 3. The molecule has 15 nitrogen and oxygen atoms in total. The number of fused-ring (bicyclic) bond motifs is 5. The van der Waals surface area contributed by atoms with Crippen molar-refractivity contribution in [1.82, 2.24) is 16.0 Å². The minimum absolute atomic E-state index is 0.0293. The monoisotopic (exact) mass is 1210 g/mol. The van der Waals surface area contributed by atoms with E-state index in [2.05, 4.69) is 47.7 Å². The van der Waals surface area contributed by atoms with Crippen molar-refractivity contribution in [3.05, 3.63) is 52.6 Å². The van der Waals surface area contributed by atoms with Gasteiger partial charge in [0.05, 0.1) is 24.9 Å². The number of aliphatic hydroxyl groups excluding tert-OH is 3. The molecule has 9 N–H and O–H groups in total. The van der Waals surface area contributed by atoms with Crippen molar-refractivity contribution in [2.45, 2.75) is 222 Å². The maximum atomic E-state index is 15.9. The molecule has 0 bridgehead atoms. The maximum Gasteiger partial charge on any atom is 0.332 e. The number of esters is 2. The highest BCUT2D eigenvalue weighted by molar-refractivity contribution is 8.76. The van der Waals surface area contributed by atoms with Crippen LogP contribution in [0.15, 0.2) is 30.3 Å². The van der Waals surface area contributed by atoms with E-state index in [4.69, 9.17) is 14.2 Å². The molecule has 17 heteroatoms. The van der Waals surface area contributed by atoms with Gasteiger partial charge >= 0.3 is 11.9 Å². The number of phenolic OH excluding ortho intramolecular Hbond substituents is 1. The zero-order valence-electron chi connectivity index (χ0n) is 50.8. The van der Waals surface area contributed by atoms with Crippen molar-refractivity contribution in [1.29, 1.82) is 0 Å². The number of rotatable bonds is 10. The third-order valence-electron chi connectivity index (χ3n) is 23.0. The summed E-state index contributed by atoms with van der Waals surface area (Å²) in [4.78, 5) is 43.5. The molecule has 1 amide bonds. The molecule has 0 aromatic heterocycles. The van der Waals surface area contributed by atoms with Gasteiger partial charge in [-0.25, -0.2) is 4.79 Å². The summed E-state index contributed by atoms with van der Waals surface area (Å²) >= 11 is 0. The first-order valence-corrected chi connectivity index (χ1v) is 35.1. The average molecular weight is 1210 g/mol. The molecule has 3 saturated heterocycles. The summed E-state index contributed by atoms with van der Waals surface area (Å²) in [6.07, 6.45) is 11.7. The summed E-state index contributed by atoms with van der Waals surface area (Å²) < 4.78 is 20.9. The number of aliphatic hydroxyl groups is 4. The molecule has 2 aromatic rings. The van der Waals surface area contributed by atoms with Gasteiger partial charge in [0.1, 0.15) is 23.5 Å². The summed E-state index contributed by atoms with van der Waals surface area (Å²) in [7, 11) is 3.25. The molecule has 4 aliphatic heterocycles. The minimum Gasteiger partial charge on any atom is -0.508 e. The molecule has 11 rings (SSSR count). The minimum atomic E-state index is -1.21. The Kier molecular flexibility index (Phi) is 19.2. The zero-order chi connectivity index (χ0) is 59.9. The van der Waals surface area contributed by atoms with Crippen LogP contribution in [0.3, 0.4) is 0 Å². The van der Waals surface area contributed by atoms with E-state index in [1.54, 1.807) is 33.7 Å². The fraction of sp³-hybridized carbons (Fsp3) is 0.750. The normalized spacial score (nSPS) is 37.1. The van der Waals surface area contributed by atoms with E-state index in [9.17, 15) is 40.2 Å². The first-order valence-electron chi connectivity index (χ1n) is 32.6. The lowest BCUT2D eigenvalue weighted by Gasteiger charge is -2.56. The summed E-state index contributed by atoms with van der Waals surface area (Å²) in [5.41, 5.74) is 0.129. The van der Waals surface area contributed by atoms with Crippen molar-refractivity contribution < 1.29 is 59.2 Å². The number of ether oxygens (including phenoxy) is 3. The van der Waals surface area contributed by atoms with Crippen LogP contribution in [0.4, 0.5) is 0 Å². The van der Waals surface area contributed by atoms with Crippen molar-refractivity contribution in [2.75, 3.05) is 44.4 Å². The number of piperidine rings is 2. The lowest BCUT2D eigenvalue weighted by Crippen LogP contribution is -2.65. The van der Waals surface area contributed by atoms with E-state index in [0.717, 1.165) is 80.9 Å². The molecule has 2 aromatic carbocycles. The number of aromatic hydroxyl groups is 2. The van der Waals surface area contributed by atoms with Gasteiger partial charge in [0.15, 0.2) is 11.5 Å². The Morgan fingerprint density at radius 3 is 2.41 bits per heavy atom. The summed E-state index contributed by atoms with van der Waals surface area (Å²) in [5.74, 6) is 7.11. The van der Waals surface area contributed by atoms with E-state index >= 15 is 4.79 Å². The number of amides is 1. The van der Waals surface area contributed by atoms with Crippen LogP contribution < -0.4 is 20.7 Å². The van der Waals surface area contributed by atoms with Crippen LogP contribution in [0.25, 0.3) is 0 Å². The van der Waals surface area contributed by atoms with E-state index < -0.39 is 52.7 Å². The first-order chi connectivity index (χ1) is 40.8. The molecule has 0 unspecified atom stereocenters. The smallest absolute Gasteiger partial charge is 0.332 e. The highest BCUT2D eigenvalue weighted by atomic mass is 33.1. The molecular weight excluding hydrogens is 1110 g/mol. The van der Waals surface area contributed by atoms with Crippen LogP contribution in [0.2, 0.25) is 0 Å². The van der Waals surface area contributed by atoms with Crippen LogP contribution >= 0.6 is 21.6 Å². The van der Waals surface area contributed by atoms with Gasteiger partial charge < -0.3 is 60.8 Å². The van der Waals surface area contributed by atoms with Crippen molar-refractivity contribution in [3.63, 3.8) is 0 Å². The molecule has 3 saturated carbocycles. The van der Waals surface area contributed by atoms with E-state index in [1.807, 2.05) is 19.1 Å². The second-order valence-electron chi connectivity index (χ2n) is 28.9. The first kappa shape index (κ1) is 62.9. The van der Waals surface area contributed by atoms with Crippen LogP contribution in [-0.2, 0) is 30.5 Å². The van der Waals surface area contributed by atoms with Crippen molar-refractivity contribution >= 4 is 39.4 Å². The number of phenols is 2. The predicted molar refractivity (Wildman–Crippen MR) is 330 cm³/mol. The summed E-state index contributed by atoms with van der Waals surface area (Å²) in [6.45, 7) is 9.99. The molecule has 15 atom stereocenters. The summed E-state index contributed by atoms with van der Waals surface area (Å²) in [6, 6.07) is 9.06. The molecule has 9 aliphatic rings. The largest absolute Gasteiger partial charge is 0.508 e. The van der Waals surface area contributed by atoms with Gasteiger partial charge in [0.25, 0.3) is 0 Å². The molecular formula is C68H97N3O12S2. The lowest BCUT2D eigenvalue weighted by molar-refractivity contribution is -0.183. The van der Waals surface area contributed by atoms with E-state index in [0.29, 0.717) is 113 Å². The Labute approximate surface area is 512 Å². The van der Waals surface area contributed by atoms with Gasteiger partial charge in [-0.2, -0.15) is 0 Å². The molecule has 85 heavy (non-hydrogen) atoms. The van der Waals surface area contributed by atoms with Crippen molar-refractivity contribution in [3.8, 4) is 29.1 Å². The zero-order valence-corrected chi connectivity index (χ0v) is 52.5. The third kappa shape index (κ3) is 12.9. The fourth-order valence-electron chi connectivity index (χ4n) is 18.7. The molecule has 1 spiro atoms. The molecule has 5 aliphatic carbocycles. The number of nitrogens with one attached hydrogen (secondary N) is 3. The van der Waals surface area contributed by atoms with Crippen LogP contribution in [0.1, 0.15) is 203 Å². The SMILES string of the molecule is CC(=O)O[C@H]1C[C@@H](OC(=O)[C@@]23CCCC[C@@H]2CCC(=O)N3)C2(CCNCC2)[C@@H]2c3ccc(O)c4c3[C@H](C[C@@H]2C#CC[C@@H]2C[C@](C)(O)CSSC[C@@H](NC[C@@H]3CC(C)(C)CC[C@H]3c3ccc(O)c(CO)c3)[C@H](O)CC[C@@H]21)[C@H](C1(CO)CCCC1)CO4. The number of carbonyl (C=O) groups is 3. The maximum absolute atomic E-state index is 15.9. The van der Waals surface area contributed by atoms with Crippen molar-refractivity contribution in [2.24, 2.45) is 51.8 Å². The van der Waals surface area contributed by atoms with Crippen LogP contribution in [0.5, 0.6) is 17.2 Å². The Bertz CT molecular complexity index is 2790. The lowest BCUT2D eigenvalue weighted by atomic mass is 9.51. The number of hydrogen-bond acceptors (Lipinski definition) is 16. The highest BCUT2D eigenvalue weighted by Gasteiger charge is 2.61. The van der Waals surface area contributed by atoms with Gasteiger partial charge in [-0.3, -0.25) is 9.59 Å². The van der Waals surface area contributed by atoms with Gasteiger partial charge in [-0.15, -0.1) is 5.92 Å². The Morgan fingerprint density at radius 1 is 0.871 bits per heavy atom. The second-order valence-corrected chi connectivity index (χ2v) is 31.4. The van der Waals surface area contributed by atoms with Gasteiger partial charge in [0.2, 0.25) is 5.91 Å². The highest BCUT2D eigenvalue weighted by Crippen LogP contribution is 2.65. The topological polar surface area (TPSA) is 236 Å². The molecule has 4 heterocycles. The second kappa shape index (κ2) is 26.0. The Hall–Kier alpha value is -3.73. The average Bonchev–Trinajstić information content (AvgIpc) is 1.65. The molecule has 468 valence electrons. The van der Waals surface area contributed by atoms with Crippen LogP contribution in [0, 0.1) is 63.6 Å². The number of benzene rings is 2. The Morgan fingerprint density at radius 2 is 1.65 bits per heavy atom. The Balaban J connectivity index is 1.00. The quantitative estimate of drug-likeness (QED) is 0.0612. The van der Waals surface area contributed by atoms with E-state index in [-0.39, 0.29) is 101 Å². The fourth-order valence-corrected chi connectivity index (χ4v) is 21.5. The summed E-state index contributed by atoms with van der Waals surface area (Å²) in [5, 5.41) is 79.9. The third-order valence-corrected chi connectivity index (χ3v) is 25.7. The van der Waals surface area contributed by atoms with Gasteiger partial charge in [-0.1, -0.05) is 79.2 Å². The molecule has 0 radical (unpaired) electrons. The standard InChI is InChI=1S/C68H97N3O12S2/c1-41(74)82-57-32-58(83-63(79)68-24-6-5-12-47(68)14-20-59(78)71-68)67(26-28-69-29-27-67)61-43(31-51-52(66(39-73)22-7-8-23-66)37-81-62-56(77)19-16-50(61)60(51)62)10-9-11-44-34-65(4,80)40-85-84-38-53(55(76)18-15-49(44)57)70-35-46-33-64(2,3)25-21-48(46)42-13-17-54(75)45(30-42)36-72/h13,16-17,19,30,43-44,46-49,51-53,55,57-58,61,69-70,72-73,75-77,80H,5-8,11-12,14-15,18,20-29,31-40H2,1-4H3,(H,71,78)/t43-,44+,46-,47+,48-,49-,51+,52+,53+,55+,57-,58+,61-,65-,68+/m0/s1.